The second kappa shape index (κ2) is 4.33. The van der Waals surface area contributed by atoms with Gasteiger partial charge >= 0.3 is 12.4 Å². The Morgan fingerprint density at radius 2 is 1.59 bits per heavy atom. The Kier molecular flexibility index (Phi) is 3.23. The van der Waals surface area contributed by atoms with Crippen LogP contribution in [-0.2, 0) is 0 Å². The average molecular weight is 330 g/mol. The molecule has 0 saturated heterocycles. The molecule has 7 heteroatoms. The van der Waals surface area contributed by atoms with Crippen molar-refractivity contribution in [3.8, 4) is 0 Å². The van der Waals surface area contributed by atoms with Gasteiger partial charge in [0.2, 0.25) is 0 Å². The summed E-state index contributed by atoms with van der Waals surface area (Å²) in [5.74, 6) is 0.618. The quantitative estimate of drug-likeness (QED) is 0.753. The summed E-state index contributed by atoms with van der Waals surface area (Å²) in [6.07, 6.45) is -10.8. The van der Waals surface area contributed by atoms with Gasteiger partial charge in [-0.3, -0.25) is 0 Å². The third kappa shape index (κ3) is 1.96. The molecule has 128 valence electrons. The fourth-order valence-electron chi connectivity index (χ4n) is 5.58. The fourth-order valence-corrected chi connectivity index (χ4v) is 5.58. The molecule has 5 atom stereocenters. The lowest BCUT2D eigenvalue weighted by molar-refractivity contribution is -0.373. The van der Waals surface area contributed by atoms with E-state index in [1.165, 1.54) is 0 Å². The number of alkyl halides is 6. The summed E-state index contributed by atoms with van der Waals surface area (Å²) >= 11 is 0. The fraction of sp³-hybridized carbons (Fsp3) is 1.00. The molecule has 3 saturated carbocycles. The number of aliphatic hydroxyl groups is 1. The molecule has 0 heterocycles. The third-order valence-corrected chi connectivity index (χ3v) is 6.48. The maximum atomic E-state index is 12.9. The van der Waals surface area contributed by atoms with Crippen LogP contribution in [0.25, 0.3) is 0 Å². The maximum absolute atomic E-state index is 12.9. The first kappa shape index (κ1) is 16.4. The van der Waals surface area contributed by atoms with Crippen LogP contribution in [0.5, 0.6) is 0 Å². The number of hydrogen-bond acceptors (Lipinski definition) is 1. The summed E-state index contributed by atoms with van der Waals surface area (Å²) in [6, 6.07) is 0. The first-order valence-corrected chi connectivity index (χ1v) is 7.69. The van der Waals surface area contributed by atoms with E-state index in [2.05, 4.69) is 13.8 Å². The van der Waals surface area contributed by atoms with Gasteiger partial charge in [0, 0.05) is 0 Å². The zero-order chi connectivity index (χ0) is 16.7. The lowest BCUT2D eigenvalue weighted by Crippen LogP contribution is -2.58. The molecule has 1 spiro atoms. The molecule has 5 unspecified atom stereocenters. The van der Waals surface area contributed by atoms with Crippen LogP contribution in [0.15, 0.2) is 0 Å². The van der Waals surface area contributed by atoms with Gasteiger partial charge in [-0.05, 0) is 60.7 Å². The SMILES string of the molecule is CC(C)C1C2CC(CC(O)(C(F)(F)F)C(F)(F)F)C3(C2)CC13. The molecule has 22 heavy (non-hydrogen) atoms. The summed E-state index contributed by atoms with van der Waals surface area (Å²) in [6.45, 7) is 4.13. The first-order chi connectivity index (χ1) is 9.83. The van der Waals surface area contributed by atoms with Gasteiger partial charge in [0.15, 0.2) is 0 Å². The molecule has 0 radical (unpaired) electrons. The highest BCUT2D eigenvalue weighted by Crippen LogP contribution is 2.80. The van der Waals surface area contributed by atoms with E-state index in [0.717, 1.165) is 12.8 Å². The van der Waals surface area contributed by atoms with Gasteiger partial charge in [0.1, 0.15) is 0 Å². The van der Waals surface area contributed by atoms with Crippen molar-refractivity contribution in [2.24, 2.45) is 35.0 Å². The van der Waals surface area contributed by atoms with Crippen molar-refractivity contribution in [1.29, 1.82) is 0 Å². The normalized spacial score (nSPS) is 41.2. The van der Waals surface area contributed by atoms with Crippen molar-refractivity contribution in [2.75, 3.05) is 0 Å². The molecule has 1 nitrogen and oxygen atoms in total. The average Bonchev–Trinajstić information content (AvgIpc) is 2.80. The largest absolute Gasteiger partial charge is 0.426 e. The van der Waals surface area contributed by atoms with Crippen LogP contribution in [0.2, 0.25) is 0 Å². The van der Waals surface area contributed by atoms with E-state index in [1.54, 1.807) is 0 Å². The Labute approximate surface area is 125 Å². The summed E-state index contributed by atoms with van der Waals surface area (Å²) in [4.78, 5) is 0. The predicted molar refractivity (Wildman–Crippen MR) is 66.8 cm³/mol. The maximum Gasteiger partial charge on any atom is 0.426 e. The lowest BCUT2D eigenvalue weighted by Gasteiger charge is -2.37. The predicted octanol–water partition coefficient (Wildman–Crippen LogP) is 4.55. The van der Waals surface area contributed by atoms with E-state index >= 15 is 0 Å². The van der Waals surface area contributed by atoms with Crippen LogP contribution in [0.3, 0.4) is 0 Å². The highest BCUT2D eigenvalue weighted by molar-refractivity contribution is 5.22. The Balaban J connectivity index is 1.81. The Bertz CT molecular complexity index is 452. The number of fused-ring (bicyclic) bond motifs is 1. The first-order valence-electron chi connectivity index (χ1n) is 7.69. The molecule has 0 aliphatic heterocycles. The van der Waals surface area contributed by atoms with E-state index in [1.807, 2.05) is 0 Å². The van der Waals surface area contributed by atoms with Crippen molar-refractivity contribution < 1.29 is 31.4 Å². The second-order valence-electron chi connectivity index (χ2n) is 7.82. The highest BCUT2D eigenvalue weighted by Gasteiger charge is 2.77. The van der Waals surface area contributed by atoms with Gasteiger partial charge in [-0.1, -0.05) is 13.8 Å². The Hall–Kier alpha value is -0.460. The van der Waals surface area contributed by atoms with Gasteiger partial charge in [-0.2, -0.15) is 26.3 Å². The molecule has 0 amide bonds. The summed E-state index contributed by atoms with van der Waals surface area (Å²) in [5.41, 5.74) is -4.95. The zero-order valence-corrected chi connectivity index (χ0v) is 12.4. The zero-order valence-electron chi connectivity index (χ0n) is 12.4. The van der Waals surface area contributed by atoms with Crippen LogP contribution in [-0.4, -0.2) is 23.1 Å². The van der Waals surface area contributed by atoms with Crippen LogP contribution >= 0.6 is 0 Å². The van der Waals surface area contributed by atoms with E-state index in [4.69, 9.17) is 0 Å². The minimum atomic E-state index is -5.69. The van der Waals surface area contributed by atoms with E-state index < -0.39 is 30.3 Å². The Morgan fingerprint density at radius 3 is 2.00 bits per heavy atom. The van der Waals surface area contributed by atoms with Crippen LogP contribution < -0.4 is 0 Å². The van der Waals surface area contributed by atoms with Gasteiger partial charge in [0.25, 0.3) is 5.60 Å². The van der Waals surface area contributed by atoms with Crippen LogP contribution in [0.4, 0.5) is 26.3 Å². The van der Waals surface area contributed by atoms with E-state index in [-0.39, 0.29) is 17.3 Å². The van der Waals surface area contributed by atoms with Crippen molar-refractivity contribution in [3.63, 3.8) is 0 Å². The highest BCUT2D eigenvalue weighted by atomic mass is 19.4. The monoisotopic (exact) mass is 330 g/mol. The number of halogens is 6. The summed E-state index contributed by atoms with van der Waals surface area (Å²) < 4.78 is 77.2. The second-order valence-corrected chi connectivity index (χ2v) is 7.82. The summed E-state index contributed by atoms with van der Waals surface area (Å²) in [5, 5.41) is 9.43. The molecule has 0 aromatic carbocycles. The minimum Gasteiger partial charge on any atom is -0.374 e. The van der Waals surface area contributed by atoms with E-state index in [9.17, 15) is 31.4 Å². The van der Waals surface area contributed by atoms with Crippen molar-refractivity contribution in [1.82, 2.24) is 0 Å². The molecule has 0 aromatic rings. The molecule has 1 N–H and O–H groups in total. The van der Waals surface area contributed by atoms with E-state index in [0.29, 0.717) is 18.3 Å². The molecule has 3 fully saturated rings. The molecular weight excluding hydrogens is 310 g/mol. The molecule has 0 aromatic heterocycles. The van der Waals surface area contributed by atoms with Crippen LogP contribution in [0, 0.1) is 35.0 Å². The summed E-state index contributed by atoms with van der Waals surface area (Å²) in [7, 11) is 0. The Morgan fingerprint density at radius 1 is 1.05 bits per heavy atom. The van der Waals surface area contributed by atoms with Crippen LogP contribution in [0.1, 0.15) is 39.5 Å². The van der Waals surface area contributed by atoms with Crippen molar-refractivity contribution >= 4 is 0 Å². The minimum absolute atomic E-state index is 0.217. The van der Waals surface area contributed by atoms with Gasteiger partial charge in [-0.25, -0.2) is 0 Å². The lowest BCUT2D eigenvalue weighted by atomic mass is 9.73. The molecule has 3 rings (SSSR count). The number of hydrogen-bond donors (Lipinski definition) is 1. The number of rotatable bonds is 3. The molecular formula is C15H20F6O. The topological polar surface area (TPSA) is 20.2 Å². The van der Waals surface area contributed by atoms with Crippen molar-refractivity contribution in [3.05, 3.63) is 0 Å². The molecule has 2 bridgehead atoms. The molecule has 3 aliphatic carbocycles. The van der Waals surface area contributed by atoms with Gasteiger partial charge in [0.05, 0.1) is 0 Å². The molecule has 3 aliphatic rings. The third-order valence-electron chi connectivity index (χ3n) is 6.48. The van der Waals surface area contributed by atoms with Gasteiger partial charge in [-0.15, -0.1) is 0 Å². The smallest absolute Gasteiger partial charge is 0.374 e. The standard InChI is InChI=1S/C15H20F6O/c1-7(2)11-8-3-9(12(4-8)6-10(11)12)5-13(22,14(16,17)18)15(19,20)21/h7-11,22H,3-6H2,1-2H3. The van der Waals surface area contributed by atoms with Crippen molar-refractivity contribution in [2.45, 2.75) is 57.5 Å². The van der Waals surface area contributed by atoms with Gasteiger partial charge < -0.3 is 5.11 Å².